The Morgan fingerprint density at radius 1 is 1.56 bits per heavy atom. The summed E-state index contributed by atoms with van der Waals surface area (Å²) in [5.41, 5.74) is 0. The molecule has 0 aromatic heterocycles. The zero-order chi connectivity index (χ0) is 13.9. The first-order valence-corrected chi connectivity index (χ1v) is 7.33. The van der Waals surface area contributed by atoms with Crippen LogP contribution in [0.1, 0.15) is 6.92 Å². The molecule has 0 fully saturated rings. The van der Waals surface area contributed by atoms with Gasteiger partial charge in [-0.3, -0.25) is 0 Å². The van der Waals surface area contributed by atoms with Crippen LogP contribution in [-0.2, 0) is 10.0 Å². The summed E-state index contributed by atoms with van der Waals surface area (Å²) in [6.07, 6.45) is 0. The van der Waals surface area contributed by atoms with E-state index in [0.29, 0.717) is 0 Å². The molecule has 98 valence electrons. The van der Waals surface area contributed by atoms with Crippen LogP contribution in [0, 0.1) is 23.1 Å². The molecule has 0 spiro atoms. The molecule has 1 aromatic carbocycles. The molecule has 1 unspecified atom stereocenters. The fourth-order valence-corrected chi connectivity index (χ4v) is 3.64. The Morgan fingerprint density at radius 3 is 2.67 bits per heavy atom. The van der Waals surface area contributed by atoms with Gasteiger partial charge in [-0.05, 0) is 41.1 Å². The molecule has 1 atom stereocenters. The van der Waals surface area contributed by atoms with E-state index < -0.39 is 21.8 Å². The molecular formula is C11H12BrFN2O2S. The first kappa shape index (κ1) is 15.1. The number of nitriles is 1. The highest BCUT2D eigenvalue weighted by Gasteiger charge is 2.24. The second kappa shape index (κ2) is 5.78. The summed E-state index contributed by atoms with van der Waals surface area (Å²) < 4.78 is 38.5. The van der Waals surface area contributed by atoms with Crippen molar-refractivity contribution in [2.45, 2.75) is 11.8 Å². The molecule has 0 amide bonds. The van der Waals surface area contributed by atoms with Crippen molar-refractivity contribution < 1.29 is 12.8 Å². The third-order valence-corrected chi connectivity index (χ3v) is 5.13. The molecule has 0 aliphatic carbocycles. The highest BCUT2D eigenvalue weighted by Crippen LogP contribution is 2.25. The highest BCUT2D eigenvalue weighted by molar-refractivity contribution is 9.10. The van der Waals surface area contributed by atoms with Gasteiger partial charge in [0.25, 0.3) is 0 Å². The van der Waals surface area contributed by atoms with Gasteiger partial charge >= 0.3 is 0 Å². The molecule has 0 N–H and O–H groups in total. The van der Waals surface area contributed by atoms with Crippen LogP contribution in [0.5, 0.6) is 0 Å². The van der Waals surface area contributed by atoms with Gasteiger partial charge < -0.3 is 0 Å². The summed E-state index contributed by atoms with van der Waals surface area (Å²) in [6, 6.07) is 5.34. The Labute approximate surface area is 114 Å². The van der Waals surface area contributed by atoms with Crippen molar-refractivity contribution in [2.75, 3.05) is 13.6 Å². The van der Waals surface area contributed by atoms with E-state index in [-0.39, 0.29) is 15.9 Å². The summed E-state index contributed by atoms with van der Waals surface area (Å²) in [5.74, 6) is -0.933. The molecule has 4 nitrogen and oxygen atoms in total. The lowest BCUT2D eigenvalue weighted by molar-refractivity contribution is 0.438. The number of hydrogen-bond donors (Lipinski definition) is 0. The quantitative estimate of drug-likeness (QED) is 0.849. The molecule has 18 heavy (non-hydrogen) atoms. The van der Waals surface area contributed by atoms with Crippen LogP contribution < -0.4 is 0 Å². The van der Waals surface area contributed by atoms with Crippen LogP contribution in [0.25, 0.3) is 0 Å². The summed E-state index contributed by atoms with van der Waals surface area (Å²) in [5, 5.41) is 8.68. The Kier molecular flexibility index (Phi) is 4.85. The van der Waals surface area contributed by atoms with E-state index in [1.807, 2.05) is 6.07 Å². The molecule has 0 aliphatic rings. The minimum Gasteiger partial charge on any atom is -0.207 e. The maximum Gasteiger partial charge on any atom is 0.243 e. The molecule has 0 bridgehead atoms. The normalized spacial score (nSPS) is 13.3. The molecule has 0 aliphatic heterocycles. The number of hydrogen-bond acceptors (Lipinski definition) is 3. The van der Waals surface area contributed by atoms with Gasteiger partial charge in [-0.2, -0.15) is 9.57 Å². The predicted molar refractivity (Wildman–Crippen MR) is 68.7 cm³/mol. The van der Waals surface area contributed by atoms with E-state index in [1.165, 1.54) is 13.1 Å². The van der Waals surface area contributed by atoms with E-state index in [9.17, 15) is 12.8 Å². The number of sulfonamides is 1. The first-order chi connectivity index (χ1) is 8.28. The van der Waals surface area contributed by atoms with Gasteiger partial charge in [-0.15, -0.1) is 0 Å². The molecule has 0 heterocycles. The van der Waals surface area contributed by atoms with Crippen molar-refractivity contribution in [3.63, 3.8) is 0 Å². The maximum atomic E-state index is 12.9. The van der Waals surface area contributed by atoms with Crippen molar-refractivity contribution in [3.8, 4) is 6.07 Å². The van der Waals surface area contributed by atoms with Crippen LogP contribution in [0.15, 0.2) is 27.6 Å². The number of rotatable bonds is 4. The second-order valence-corrected chi connectivity index (χ2v) is 6.76. The fraction of sp³-hybridized carbons (Fsp3) is 0.364. The first-order valence-electron chi connectivity index (χ1n) is 5.10. The van der Waals surface area contributed by atoms with Crippen LogP contribution in [0.3, 0.4) is 0 Å². The summed E-state index contributed by atoms with van der Waals surface area (Å²) in [7, 11) is -2.34. The average molecular weight is 335 g/mol. The Bertz CT molecular complexity index is 583. The highest BCUT2D eigenvalue weighted by atomic mass is 79.9. The van der Waals surface area contributed by atoms with Crippen molar-refractivity contribution >= 4 is 26.0 Å². The Balaban J connectivity index is 3.10. The van der Waals surface area contributed by atoms with Gasteiger partial charge in [0, 0.05) is 18.1 Å². The van der Waals surface area contributed by atoms with Crippen molar-refractivity contribution in [3.05, 3.63) is 28.5 Å². The van der Waals surface area contributed by atoms with Crippen LogP contribution in [0.2, 0.25) is 0 Å². The molecule has 7 heteroatoms. The van der Waals surface area contributed by atoms with E-state index in [0.717, 1.165) is 16.4 Å². The maximum absolute atomic E-state index is 12.9. The number of halogens is 2. The minimum atomic E-state index is -3.72. The number of benzene rings is 1. The fourth-order valence-electron chi connectivity index (χ4n) is 1.38. The van der Waals surface area contributed by atoms with Crippen molar-refractivity contribution in [2.24, 2.45) is 5.92 Å². The van der Waals surface area contributed by atoms with Gasteiger partial charge in [-0.1, -0.05) is 0 Å². The monoisotopic (exact) mass is 334 g/mol. The van der Waals surface area contributed by atoms with Gasteiger partial charge in [-0.25, -0.2) is 12.8 Å². The molecule has 0 saturated carbocycles. The lowest BCUT2D eigenvalue weighted by atomic mass is 10.2. The van der Waals surface area contributed by atoms with Gasteiger partial charge in [0.05, 0.1) is 16.9 Å². The standard InChI is InChI=1S/C11H12BrFN2O2S/c1-8(6-14)7-15(2)18(16,17)11-4-3-9(13)5-10(11)12/h3-5,8H,7H2,1-2H3. The Morgan fingerprint density at radius 2 is 2.17 bits per heavy atom. The van der Waals surface area contributed by atoms with Crippen LogP contribution in [0.4, 0.5) is 4.39 Å². The Hall–Kier alpha value is -0.970. The van der Waals surface area contributed by atoms with E-state index in [2.05, 4.69) is 15.9 Å². The topological polar surface area (TPSA) is 61.2 Å². The lowest BCUT2D eigenvalue weighted by Gasteiger charge is -2.18. The number of nitrogens with zero attached hydrogens (tertiary/aromatic N) is 2. The zero-order valence-corrected chi connectivity index (χ0v) is 12.3. The third kappa shape index (κ3) is 3.28. The molecule has 1 aromatic rings. The predicted octanol–water partition coefficient (Wildman–Crippen LogP) is 2.37. The van der Waals surface area contributed by atoms with Gasteiger partial charge in [0.2, 0.25) is 10.0 Å². The largest absolute Gasteiger partial charge is 0.243 e. The molecule has 0 saturated heterocycles. The SMILES string of the molecule is CC(C#N)CN(C)S(=O)(=O)c1ccc(F)cc1Br. The summed E-state index contributed by atoms with van der Waals surface area (Å²) >= 11 is 3.02. The minimum absolute atomic E-state index is 0.0171. The average Bonchev–Trinajstić information content (AvgIpc) is 2.28. The summed E-state index contributed by atoms with van der Waals surface area (Å²) in [4.78, 5) is -0.0171. The second-order valence-electron chi connectivity index (χ2n) is 3.89. The third-order valence-electron chi connectivity index (χ3n) is 2.33. The van der Waals surface area contributed by atoms with Crippen molar-refractivity contribution in [1.82, 2.24) is 4.31 Å². The van der Waals surface area contributed by atoms with Crippen LogP contribution >= 0.6 is 15.9 Å². The van der Waals surface area contributed by atoms with Gasteiger partial charge in [0.15, 0.2) is 0 Å². The smallest absolute Gasteiger partial charge is 0.207 e. The lowest BCUT2D eigenvalue weighted by Crippen LogP contribution is -2.31. The van der Waals surface area contributed by atoms with Crippen LogP contribution in [-0.4, -0.2) is 26.3 Å². The molecular weight excluding hydrogens is 323 g/mol. The summed E-state index contributed by atoms with van der Waals surface area (Å²) in [6.45, 7) is 1.72. The van der Waals surface area contributed by atoms with E-state index >= 15 is 0 Å². The molecule has 0 radical (unpaired) electrons. The van der Waals surface area contributed by atoms with Gasteiger partial charge in [0.1, 0.15) is 5.82 Å². The molecule has 1 rings (SSSR count). The van der Waals surface area contributed by atoms with Crippen molar-refractivity contribution in [1.29, 1.82) is 5.26 Å². The zero-order valence-electron chi connectivity index (χ0n) is 9.89. The van der Waals surface area contributed by atoms with E-state index in [1.54, 1.807) is 6.92 Å². The van der Waals surface area contributed by atoms with E-state index in [4.69, 9.17) is 5.26 Å².